The monoisotopic (exact) mass is 252 g/mol. The highest BCUT2D eigenvalue weighted by Crippen LogP contribution is 2.20. The maximum Gasteiger partial charge on any atom is 0.307 e. The van der Waals surface area contributed by atoms with Crippen LogP contribution in [0.2, 0.25) is 0 Å². The molecule has 1 fully saturated rings. The van der Waals surface area contributed by atoms with E-state index in [4.69, 9.17) is 6.42 Å². The third-order valence-corrected chi connectivity index (χ3v) is 3.08. The van der Waals surface area contributed by atoms with Crippen molar-refractivity contribution in [1.29, 1.82) is 0 Å². The largest absolute Gasteiger partial charge is 0.469 e. The molecule has 1 heterocycles. The number of hydrogen-bond donors (Lipinski definition) is 1. The van der Waals surface area contributed by atoms with Gasteiger partial charge in [-0.15, -0.1) is 6.42 Å². The summed E-state index contributed by atoms with van der Waals surface area (Å²) in [4.78, 5) is 25.1. The Kier molecular flexibility index (Phi) is 6.23. The van der Waals surface area contributed by atoms with E-state index in [1.165, 1.54) is 7.11 Å². The van der Waals surface area contributed by atoms with E-state index in [0.29, 0.717) is 13.1 Å². The number of hydrogen-bond acceptors (Lipinski definition) is 4. The Morgan fingerprint density at radius 1 is 1.50 bits per heavy atom. The summed E-state index contributed by atoms with van der Waals surface area (Å²) in [5, 5.41) is 2.88. The van der Waals surface area contributed by atoms with E-state index >= 15 is 0 Å². The van der Waals surface area contributed by atoms with E-state index in [2.05, 4.69) is 16.0 Å². The number of carbonyl (C=O) groups is 2. The summed E-state index contributed by atoms with van der Waals surface area (Å²) in [6, 6.07) is -0.0358. The lowest BCUT2D eigenvalue weighted by molar-refractivity contribution is -0.144. The Morgan fingerprint density at radius 3 is 2.94 bits per heavy atom. The van der Waals surface area contributed by atoms with E-state index < -0.39 is 0 Å². The number of terminal acetylenes is 1. The highest BCUT2D eigenvalue weighted by atomic mass is 16.5. The Bertz CT molecular complexity index is 336. The van der Waals surface area contributed by atoms with Crippen LogP contribution in [0.1, 0.15) is 25.7 Å². The lowest BCUT2D eigenvalue weighted by Crippen LogP contribution is -2.48. The average molecular weight is 252 g/mol. The highest BCUT2D eigenvalue weighted by Gasteiger charge is 2.28. The van der Waals surface area contributed by atoms with Crippen LogP contribution in [-0.4, -0.2) is 49.6 Å². The number of ether oxygens (including phenoxy) is 1. The highest BCUT2D eigenvalue weighted by molar-refractivity contribution is 5.79. The van der Waals surface area contributed by atoms with Crippen molar-refractivity contribution in [1.82, 2.24) is 10.2 Å². The van der Waals surface area contributed by atoms with Crippen molar-refractivity contribution in [2.45, 2.75) is 31.7 Å². The lowest BCUT2D eigenvalue weighted by atomic mass is 9.99. The molecule has 1 N–H and O–H groups in total. The summed E-state index contributed by atoms with van der Waals surface area (Å²) in [6.07, 6.45) is 8.27. The molecule has 1 aliphatic rings. The molecule has 5 heteroatoms. The van der Waals surface area contributed by atoms with Crippen molar-refractivity contribution < 1.29 is 14.3 Å². The molecule has 1 rings (SSSR count). The summed E-state index contributed by atoms with van der Waals surface area (Å²) >= 11 is 0. The smallest absolute Gasteiger partial charge is 0.307 e. The molecule has 0 radical (unpaired) electrons. The summed E-state index contributed by atoms with van der Waals surface area (Å²) < 4.78 is 4.66. The summed E-state index contributed by atoms with van der Waals surface area (Å²) in [7, 11) is 1.37. The Hall–Kier alpha value is -1.54. The first-order chi connectivity index (χ1) is 8.69. The number of methoxy groups -OCH3 is 1. The molecular formula is C13H20N2O3. The molecule has 0 aromatic heterocycles. The van der Waals surface area contributed by atoms with E-state index in [0.717, 1.165) is 19.3 Å². The van der Waals surface area contributed by atoms with Crippen molar-refractivity contribution in [3.63, 3.8) is 0 Å². The number of nitrogens with one attached hydrogen (secondary N) is 1. The molecule has 5 nitrogen and oxygen atoms in total. The average Bonchev–Trinajstić information content (AvgIpc) is 2.39. The quantitative estimate of drug-likeness (QED) is 0.430. The maximum atomic E-state index is 12.0. The summed E-state index contributed by atoms with van der Waals surface area (Å²) in [5.74, 6) is 2.15. The van der Waals surface area contributed by atoms with Gasteiger partial charge < -0.3 is 9.64 Å². The Labute approximate surface area is 108 Å². The number of carbonyl (C=O) groups excluding carboxylic acids is 2. The molecule has 0 aliphatic carbocycles. The van der Waals surface area contributed by atoms with E-state index in [9.17, 15) is 9.59 Å². The van der Waals surface area contributed by atoms with Gasteiger partial charge in [0, 0.05) is 12.6 Å². The van der Waals surface area contributed by atoms with Crippen molar-refractivity contribution in [2.75, 3.05) is 26.7 Å². The van der Waals surface area contributed by atoms with Crippen LogP contribution in [0.25, 0.3) is 0 Å². The van der Waals surface area contributed by atoms with Gasteiger partial charge in [-0.3, -0.25) is 14.9 Å². The van der Waals surface area contributed by atoms with E-state index in [1.54, 1.807) is 4.90 Å². The zero-order chi connectivity index (χ0) is 13.4. The molecule has 1 atom stereocenters. The third kappa shape index (κ3) is 4.38. The number of esters is 1. The van der Waals surface area contributed by atoms with Crippen molar-refractivity contribution >= 4 is 11.9 Å². The molecule has 18 heavy (non-hydrogen) atoms. The van der Waals surface area contributed by atoms with Gasteiger partial charge in [-0.2, -0.15) is 0 Å². The number of piperidine rings is 1. The summed E-state index contributed by atoms with van der Waals surface area (Å²) in [5.41, 5.74) is 0. The number of nitrogens with zero attached hydrogens (tertiary/aromatic N) is 1. The second-order valence-electron chi connectivity index (χ2n) is 4.32. The standard InChI is InChI=1S/C13H20N2O3/c1-3-7-14-10-12(16)15-8-5-4-6-11(15)9-13(17)18-2/h1,11,14H,4-10H2,2H3. The van der Waals surface area contributed by atoms with Gasteiger partial charge in [0.05, 0.1) is 26.6 Å². The first-order valence-electron chi connectivity index (χ1n) is 6.19. The molecule has 0 aromatic carbocycles. The van der Waals surface area contributed by atoms with Crippen LogP contribution in [0.5, 0.6) is 0 Å². The molecule has 0 bridgehead atoms. The molecular weight excluding hydrogens is 232 g/mol. The fraction of sp³-hybridized carbons (Fsp3) is 0.692. The SMILES string of the molecule is C#CCNCC(=O)N1CCCCC1CC(=O)OC. The minimum Gasteiger partial charge on any atom is -0.469 e. The van der Waals surface area contributed by atoms with Gasteiger partial charge >= 0.3 is 5.97 Å². The number of likely N-dealkylation sites (tertiary alicyclic amines) is 1. The van der Waals surface area contributed by atoms with Crippen LogP contribution in [0.3, 0.4) is 0 Å². The fourth-order valence-electron chi connectivity index (χ4n) is 2.16. The van der Waals surface area contributed by atoms with Crippen LogP contribution in [-0.2, 0) is 14.3 Å². The minimum atomic E-state index is -0.267. The molecule has 1 unspecified atom stereocenters. The van der Waals surface area contributed by atoms with Gasteiger partial charge in [0.1, 0.15) is 0 Å². The van der Waals surface area contributed by atoms with Crippen LogP contribution in [0.15, 0.2) is 0 Å². The zero-order valence-electron chi connectivity index (χ0n) is 10.8. The molecule has 1 saturated heterocycles. The molecule has 100 valence electrons. The minimum absolute atomic E-state index is 0.00106. The van der Waals surface area contributed by atoms with Crippen molar-refractivity contribution in [2.24, 2.45) is 0 Å². The van der Waals surface area contributed by atoms with Gasteiger partial charge in [-0.25, -0.2) is 0 Å². The number of rotatable bonds is 5. The predicted octanol–water partition coefficient (Wildman–Crippen LogP) is 0.153. The van der Waals surface area contributed by atoms with Crippen LogP contribution >= 0.6 is 0 Å². The van der Waals surface area contributed by atoms with E-state index in [1.807, 2.05) is 0 Å². The van der Waals surface area contributed by atoms with Crippen LogP contribution in [0, 0.1) is 12.3 Å². The topological polar surface area (TPSA) is 58.6 Å². The maximum absolute atomic E-state index is 12.0. The van der Waals surface area contributed by atoms with E-state index in [-0.39, 0.29) is 30.9 Å². The summed E-state index contributed by atoms with van der Waals surface area (Å²) in [6.45, 7) is 1.31. The normalized spacial score (nSPS) is 19.1. The number of amides is 1. The molecule has 0 saturated carbocycles. The second kappa shape index (κ2) is 7.72. The first kappa shape index (κ1) is 14.5. The Balaban J connectivity index is 2.50. The second-order valence-corrected chi connectivity index (χ2v) is 4.32. The molecule has 0 spiro atoms. The Morgan fingerprint density at radius 2 is 2.28 bits per heavy atom. The molecule has 1 amide bonds. The van der Waals surface area contributed by atoms with Crippen LogP contribution < -0.4 is 5.32 Å². The zero-order valence-corrected chi connectivity index (χ0v) is 10.8. The van der Waals surface area contributed by atoms with Gasteiger partial charge in [0.25, 0.3) is 0 Å². The predicted molar refractivity (Wildman–Crippen MR) is 67.7 cm³/mol. The molecule has 0 aromatic rings. The van der Waals surface area contributed by atoms with Gasteiger partial charge in [0.15, 0.2) is 0 Å². The first-order valence-corrected chi connectivity index (χ1v) is 6.19. The third-order valence-electron chi connectivity index (χ3n) is 3.08. The molecule has 1 aliphatic heterocycles. The van der Waals surface area contributed by atoms with Gasteiger partial charge in [-0.1, -0.05) is 5.92 Å². The van der Waals surface area contributed by atoms with Gasteiger partial charge in [0.2, 0.25) is 5.91 Å². The fourth-order valence-corrected chi connectivity index (χ4v) is 2.16. The van der Waals surface area contributed by atoms with Crippen molar-refractivity contribution in [3.8, 4) is 12.3 Å². The van der Waals surface area contributed by atoms with Crippen LogP contribution in [0.4, 0.5) is 0 Å². The lowest BCUT2D eigenvalue weighted by Gasteiger charge is -2.35. The van der Waals surface area contributed by atoms with Crippen molar-refractivity contribution in [3.05, 3.63) is 0 Å². The van der Waals surface area contributed by atoms with Gasteiger partial charge in [-0.05, 0) is 19.3 Å².